The third-order valence-corrected chi connectivity index (χ3v) is 15.3. The molecule has 2 nitrogen and oxygen atoms in total. The molecule has 8 aliphatic rings. The van der Waals surface area contributed by atoms with Gasteiger partial charge in [-0.1, -0.05) is 128 Å². The summed E-state index contributed by atoms with van der Waals surface area (Å²) in [6.45, 7) is 0. The molecule has 0 N–H and O–H groups in total. The van der Waals surface area contributed by atoms with Crippen molar-refractivity contribution in [3.63, 3.8) is 0 Å². The Kier molecular flexibility index (Phi) is 9.84. The van der Waals surface area contributed by atoms with E-state index in [-0.39, 0.29) is 0 Å². The second-order valence-electron chi connectivity index (χ2n) is 19.0. The van der Waals surface area contributed by atoms with Crippen molar-refractivity contribution >= 4 is 40.3 Å². The first-order valence-corrected chi connectivity index (χ1v) is 24.0. The standard InChI is InChI=1S/C60H58N2/c1-4-15-41(16-5-1)45-21-14-22-52(38-45)62-58-26-13-11-24-54(58)56-34-30-47(40-60(56)62)46-29-33-55-53-23-10-12-25-57(53)61(59(55)39-46)51-31-27-44(28-32-51)50-36-48(42-17-6-2-7-18-42)35-49(37-50)43-19-8-3-9-20-43/h1,4-6,8,10,13-15,17-21,23,26-29,31-33,36,38-41,48-49,52H,2-3,7,9,11-12,16,22,24-25,30,34-35,37H2. The SMILES string of the molecule is C1=CCC(C2=CC(n3c4c(c5c3C=C(c3ccc6c7c(n(-c8ccc(C9=CC(C%10=CCCC=C%10)CC(C%10=CCCC=C%10)C9)cc8)c6c3)CCC=C7)CC5)CCC=C4)CC=C2)C=C1. The topological polar surface area (TPSA) is 9.86 Å². The summed E-state index contributed by atoms with van der Waals surface area (Å²) in [5, 5.41) is 1.37. The molecule has 2 heterocycles. The summed E-state index contributed by atoms with van der Waals surface area (Å²) in [7, 11) is 0. The first-order valence-electron chi connectivity index (χ1n) is 24.0. The fourth-order valence-corrected chi connectivity index (χ4v) is 12.2. The molecular formula is C60H58N2. The lowest BCUT2D eigenvalue weighted by Crippen LogP contribution is -2.18. The van der Waals surface area contributed by atoms with Gasteiger partial charge in [0.25, 0.3) is 0 Å². The quantitative estimate of drug-likeness (QED) is 0.176. The van der Waals surface area contributed by atoms with E-state index in [0.717, 1.165) is 64.2 Å². The van der Waals surface area contributed by atoms with Gasteiger partial charge in [0.15, 0.2) is 0 Å². The Balaban J connectivity index is 0.912. The highest BCUT2D eigenvalue weighted by atomic mass is 15.0. The van der Waals surface area contributed by atoms with Gasteiger partial charge in [0.05, 0.1) is 11.6 Å². The minimum absolute atomic E-state index is 0.329. The molecule has 4 unspecified atom stereocenters. The van der Waals surface area contributed by atoms with E-state index in [4.69, 9.17) is 0 Å². The van der Waals surface area contributed by atoms with Crippen LogP contribution in [-0.2, 0) is 19.3 Å². The molecule has 4 aromatic rings. The van der Waals surface area contributed by atoms with Gasteiger partial charge in [0, 0.05) is 45.6 Å². The summed E-state index contributed by atoms with van der Waals surface area (Å²) in [4.78, 5) is 0. The lowest BCUT2D eigenvalue weighted by molar-refractivity contribution is 0.498. The zero-order chi connectivity index (χ0) is 41.0. The number of hydrogen-bond donors (Lipinski definition) is 0. The van der Waals surface area contributed by atoms with Crippen LogP contribution < -0.4 is 0 Å². The van der Waals surface area contributed by atoms with Gasteiger partial charge in [-0.2, -0.15) is 0 Å². The molecular weight excluding hydrogens is 749 g/mol. The molecule has 4 atom stereocenters. The van der Waals surface area contributed by atoms with E-state index >= 15 is 0 Å². The van der Waals surface area contributed by atoms with Crippen molar-refractivity contribution < 1.29 is 0 Å². The summed E-state index contributed by atoms with van der Waals surface area (Å²) in [6, 6.07) is 17.4. The molecule has 2 aromatic heterocycles. The average molecular weight is 807 g/mol. The van der Waals surface area contributed by atoms with Crippen molar-refractivity contribution in [3.05, 3.63) is 201 Å². The Morgan fingerprint density at radius 2 is 1.34 bits per heavy atom. The van der Waals surface area contributed by atoms with E-state index in [1.807, 2.05) is 0 Å². The molecule has 308 valence electrons. The zero-order valence-corrected chi connectivity index (χ0v) is 36.1. The molecule has 8 aliphatic carbocycles. The van der Waals surface area contributed by atoms with Crippen molar-refractivity contribution in [2.45, 2.75) is 95.9 Å². The van der Waals surface area contributed by atoms with Crippen LogP contribution >= 0.6 is 0 Å². The Morgan fingerprint density at radius 3 is 2.18 bits per heavy atom. The summed E-state index contributed by atoms with van der Waals surface area (Å²) in [5.41, 5.74) is 21.8. The fourth-order valence-electron chi connectivity index (χ4n) is 12.2. The van der Waals surface area contributed by atoms with Crippen LogP contribution in [0.1, 0.15) is 122 Å². The summed E-state index contributed by atoms with van der Waals surface area (Å²) >= 11 is 0. The summed E-state index contributed by atoms with van der Waals surface area (Å²) < 4.78 is 5.32. The Morgan fingerprint density at radius 1 is 0.548 bits per heavy atom. The lowest BCUT2D eigenvalue weighted by Gasteiger charge is -2.32. The number of benzene rings is 2. The third-order valence-electron chi connectivity index (χ3n) is 15.3. The van der Waals surface area contributed by atoms with Gasteiger partial charge < -0.3 is 9.13 Å². The van der Waals surface area contributed by atoms with E-state index in [0.29, 0.717) is 23.8 Å². The molecule has 0 aliphatic heterocycles. The van der Waals surface area contributed by atoms with Crippen LogP contribution in [0.2, 0.25) is 0 Å². The number of fused-ring (bicyclic) bond motifs is 6. The predicted octanol–water partition coefficient (Wildman–Crippen LogP) is 15.4. The normalized spacial score (nSPS) is 24.9. The van der Waals surface area contributed by atoms with Crippen LogP contribution in [0.15, 0.2) is 156 Å². The van der Waals surface area contributed by atoms with Crippen LogP contribution in [0.3, 0.4) is 0 Å². The highest BCUT2D eigenvalue weighted by molar-refractivity contribution is 5.97. The summed E-state index contributed by atoms with van der Waals surface area (Å²) in [5.74, 6) is 1.51. The average Bonchev–Trinajstić information content (AvgIpc) is 3.87. The van der Waals surface area contributed by atoms with Gasteiger partial charge >= 0.3 is 0 Å². The number of hydrogen-bond acceptors (Lipinski definition) is 0. The van der Waals surface area contributed by atoms with Gasteiger partial charge in [-0.25, -0.2) is 0 Å². The van der Waals surface area contributed by atoms with Crippen LogP contribution in [0.5, 0.6) is 0 Å². The third kappa shape index (κ3) is 6.78. The minimum Gasteiger partial charge on any atom is -0.334 e. The largest absolute Gasteiger partial charge is 0.334 e. The van der Waals surface area contributed by atoms with E-state index < -0.39 is 0 Å². The molecule has 0 amide bonds. The monoisotopic (exact) mass is 806 g/mol. The fraction of sp³-hybridized carbons (Fsp3) is 0.300. The zero-order valence-electron chi connectivity index (χ0n) is 36.1. The number of allylic oxidation sites excluding steroid dienone is 21. The van der Waals surface area contributed by atoms with Crippen molar-refractivity contribution in [3.8, 4) is 5.69 Å². The van der Waals surface area contributed by atoms with Gasteiger partial charge in [0.1, 0.15) is 0 Å². The smallest absolute Gasteiger partial charge is 0.0562 e. The molecule has 0 saturated carbocycles. The maximum Gasteiger partial charge on any atom is 0.0562 e. The number of rotatable bonds is 7. The van der Waals surface area contributed by atoms with Gasteiger partial charge in [-0.15, -0.1) is 0 Å². The number of nitrogens with zero attached hydrogens (tertiary/aromatic N) is 2. The highest BCUT2D eigenvalue weighted by Gasteiger charge is 2.31. The highest BCUT2D eigenvalue weighted by Crippen LogP contribution is 2.45. The van der Waals surface area contributed by atoms with Crippen molar-refractivity contribution in [2.24, 2.45) is 17.8 Å². The molecule has 62 heavy (non-hydrogen) atoms. The Bertz CT molecular complexity index is 2850. The molecule has 0 bridgehead atoms. The molecule has 12 rings (SSSR count). The Hall–Kier alpha value is -5.86. The molecule has 0 spiro atoms. The van der Waals surface area contributed by atoms with Crippen molar-refractivity contribution in [2.75, 3.05) is 0 Å². The second-order valence-corrected chi connectivity index (χ2v) is 19.0. The van der Waals surface area contributed by atoms with E-state index in [1.165, 1.54) is 98.3 Å². The van der Waals surface area contributed by atoms with Crippen molar-refractivity contribution in [1.29, 1.82) is 0 Å². The van der Waals surface area contributed by atoms with Crippen molar-refractivity contribution in [1.82, 2.24) is 9.13 Å². The van der Waals surface area contributed by atoms with Gasteiger partial charge in [-0.3, -0.25) is 0 Å². The maximum absolute atomic E-state index is 2.72. The molecule has 2 heteroatoms. The second kappa shape index (κ2) is 16.1. The van der Waals surface area contributed by atoms with E-state index in [9.17, 15) is 0 Å². The van der Waals surface area contributed by atoms with Crippen LogP contribution in [0.25, 0.3) is 46.0 Å². The first kappa shape index (κ1) is 37.9. The molecule has 2 aromatic carbocycles. The van der Waals surface area contributed by atoms with E-state index in [2.05, 4.69) is 167 Å². The van der Waals surface area contributed by atoms with Crippen LogP contribution in [0.4, 0.5) is 0 Å². The molecule has 0 radical (unpaired) electrons. The van der Waals surface area contributed by atoms with Crippen LogP contribution in [-0.4, -0.2) is 9.13 Å². The predicted molar refractivity (Wildman–Crippen MR) is 263 cm³/mol. The minimum atomic E-state index is 0.329. The molecule has 0 saturated heterocycles. The summed E-state index contributed by atoms with van der Waals surface area (Å²) in [6.07, 6.45) is 61.7. The first-order chi connectivity index (χ1) is 30.7. The molecule has 0 fully saturated rings. The van der Waals surface area contributed by atoms with Crippen LogP contribution in [0, 0.1) is 17.8 Å². The lowest BCUT2D eigenvalue weighted by atomic mass is 9.73. The number of aromatic nitrogens is 2. The Labute approximate surface area is 368 Å². The van der Waals surface area contributed by atoms with E-state index in [1.54, 1.807) is 16.7 Å². The maximum atomic E-state index is 2.72. The van der Waals surface area contributed by atoms with Gasteiger partial charge in [0.2, 0.25) is 0 Å². The van der Waals surface area contributed by atoms with Gasteiger partial charge in [-0.05, 0) is 176 Å².